The average molecular weight is 617 g/mol. The molecule has 0 unspecified atom stereocenters. The van der Waals surface area contributed by atoms with Gasteiger partial charge < -0.3 is 29.5 Å². The quantitative estimate of drug-likeness (QED) is 0.191. The number of benzene rings is 2. The molecule has 2 aromatic carbocycles. The maximum Gasteiger partial charge on any atom is 0.319 e. The molecule has 6 aromatic rings. The Kier molecular flexibility index (Phi) is 6.35. The highest BCUT2D eigenvalue weighted by Gasteiger charge is 2.34. The predicted molar refractivity (Wildman–Crippen MR) is 163 cm³/mol. The number of aromatic hydroxyl groups is 1. The van der Waals surface area contributed by atoms with Crippen molar-refractivity contribution in [1.29, 1.82) is 0 Å². The number of rotatable bonds is 6. The van der Waals surface area contributed by atoms with Gasteiger partial charge in [-0.3, -0.25) is 4.98 Å². The maximum absolute atomic E-state index is 16.7. The van der Waals surface area contributed by atoms with Crippen LogP contribution in [0.1, 0.15) is 31.0 Å². The summed E-state index contributed by atoms with van der Waals surface area (Å²) < 4.78 is 43.1. The van der Waals surface area contributed by atoms with Gasteiger partial charge in [-0.25, -0.2) is 8.78 Å². The summed E-state index contributed by atoms with van der Waals surface area (Å²) in [5.41, 5.74) is 2.71. The summed E-state index contributed by atoms with van der Waals surface area (Å²) in [5, 5.41) is 15.9. The molecule has 4 aromatic heterocycles. The largest absolute Gasteiger partial charge is 0.508 e. The molecule has 44 heavy (non-hydrogen) atoms. The number of aromatic nitrogens is 4. The van der Waals surface area contributed by atoms with Crippen LogP contribution in [-0.2, 0) is 13.0 Å². The number of ether oxygens (including phenoxy) is 1. The molecule has 2 atom stereocenters. The number of aromatic amines is 1. The summed E-state index contributed by atoms with van der Waals surface area (Å²) >= 11 is 5.94. The molecule has 0 aliphatic carbocycles. The molecule has 2 saturated heterocycles. The number of piperazine rings is 1. The normalized spacial score (nSPS) is 18.2. The summed E-state index contributed by atoms with van der Waals surface area (Å²) in [6.07, 6.45) is 4.05. The summed E-state index contributed by atoms with van der Waals surface area (Å²) in [4.78, 5) is 19.1. The van der Waals surface area contributed by atoms with Gasteiger partial charge in [-0.15, -0.1) is 0 Å². The molecule has 0 amide bonds. The molecule has 6 heterocycles. The number of furan rings is 1. The standard InChI is InChI=1S/C32H27ClF2N6O3/c1-2-20-23(34)6-3-15-7-19(42)9-21(27(15)20)29-28(35)30-22(11-36-29)31(41-12-16-4-5-17(13-41)37-16)40-32(39-30)43-14-18-8-25-24(38-18)10-26(33)44-25/h3,6-11,16-17,37-38,42H,2,4-5,12-14H2,1H3/t16-,17+. The van der Waals surface area contributed by atoms with E-state index in [0.717, 1.165) is 18.4 Å². The number of nitrogens with zero attached hydrogens (tertiary/aromatic N) is 4. The van der Waals surface area contributed by atoms with Crippen molar-refractivity contribution in [3.8, 4) is 23.0 Å². The lowest BCUT2D eigenvalue weighted by Gasteiger charge is -2.34. The van der Waals surface area contributed by atoms with Crippen LogP contribution in [0, 0.1) is 11.6 Å². The zero-order valence-corrected chi connectivity index (χ0v) is 24.4. The topological polar surface area (TPSA) is 112 Å². The van der Waals surface area contributed by atoms with Gasteiger partial charge in [-0.1, -0.05) is 13.0 Å². The lowest BCUT2D eigenvalue weighted by molar-refractivity contribution is 0.278. The number of hydrogen-bond donors (Lipinski definition) is 3. The van der Waals surface area contributed by atoms with Crippen molar-refractivity contribution in [2.45, 2.75) is 44.9 Å². The minimum atomic E-state index is -0.709. The smallest absolute Gasteiger partial charge is 0.319 e. The molecule has 0 spiro atoms. The number of phenolic OH excluding ortho intramolecular Hbond substituents is 1. The number of halogens is 3. The molecule has 2 bridgehead atoms. The van der Waals surface area contributed by atoms with E-state index in [4.69, 9.17) is 25.7 Å². The fourth-order valence-corrected chi connectivity index (χ4v) is 6.88. The van der Waals surface area contributed by atoms with E-state index in [1.807, 2.05) is 6.92 Å². The van der Waals surface area contributed by atoms with E-state index in [-0.39, 0.29) is 40.4 Å². The van der Waals surface area contributed by atoms with Crippen molar-refractivity contribution in [2.75, 3.05) is 18.0 Å². The summed E-state index contributed by atoms with van der Waals surface area (Å²) in [7, 11) is 0. The molecule has 12 heteroatoms. The van der Waals surface area contributed by atoms with Crippen LogP contribution in [0.2, 0.25) is 5.22 Å². The highest BCUT2D eigenvalue weighted by Crippen LogP contribution is 2.39. The maximum atomic E-state index is 16.7. The highest BCUT2D eigenvalue weighted by atomic mass is 35.5. The van der Waals surface area contributed by atoms with Gasteiger partial charge in [0.2, 0.25) is 0 Å². The number of fused-ring (bicyclic) bond motifs is 5. The van der Waals surface area contributed by atoms with Crippen LogP contribution in [0.3, 0.4) is 0 Å². The van der Waals surface area contributed by atoms with E-state index in [9.17, 15) is 9.50 Å². The Morgan fingerprint density at radius 3 is 2.70 bits per heavy atom. The molecule has 0 radical (unpaired) electrons. The number of anilines is 1. The van der Waals surface area contributed by atoms with Crippen molar-refractivity contribution in [3.05, 3.63) is 70.7 Å². The van der Waals surface area contributed by atoms with Crippen LogP contribution in [0.4, 0.5) is 14.6 Å². The number of pyridine rings is 1. The van der Waals surface area contributed by atoms with Gasteiger partial charge in [-0.2, -0.15) is 9.97 Å². The van der Waals surface area contributed by atoms with Crippen molar-refractivity contribution in [3.63, 3.8) is 0 Å². The van der Waals surface area contributed by atoms with Crippen LogP contribution in [0.15, 0.2) is 47.0 Å². The van der Waals surface area contributed by atoms with E-state index in [1.54, 1.807) is 24.4 Å². The molecule has 9 nitrogen and oxygen atoms in total. The number of aryl methyl sites for hydroxylation is 1. The van der Waals surface area contributed by atoms with Crippen LogP contribution >= 0.6 is 11.6 Å². The molecule has 3 N–H and O–H groups in total. The third-order valence-electron chi connectivity index (χ3n) is 8.61. The second-order valence-corrected chi connectivity index (χ2v) is 11.8. The van der Waals surface area contributed by atoms with Gasteiger partial charge in [0.25, 0.3) is 0 Å². The zero-order chi connectivity index (χ0) is 30.1. The lowest BCUT2D eigenvalue weighted by Crippen LogP contribution is -2.51. The van der Waals surface area contributed by atoms with E-state index in [2.05, 4.69) is 25.2 Å². The average Bonchev–Trinajstić information content (AvgIpc) is 3.67. The SMILES string of the molecule is CCc1c(F)ccc2cc(O)cc(-c3ncc4c(N5C[C@H]6CC[C@@H](C5)N6)nc(OCc5cc6oc(Cl)cc6[nH]5)nc4c3F)c12. The lowest BCUT2D eigenvalue weighted by atomic mass is 9.94. The molecular weight excluding hydrogens is 590 g/mol. The fraction of sp³-hybridized carbons (Fsp3) is 0.281. The van der Waals surface area contributed by atoms with Gasteiger partial charge in [0, 0.05) is 49.1 Å². The van der Waals surface area contributed by atoms with E-state index in [1.165, 1.54) is 18.2 Å². The molecule has 2 aliphatic rings. The molecule has 224 valence electrons. The molecular formula is C32H27ClF2N6O3. The first-order valence-electron chi connectivity index (χ1n) is 14.6. The first-order valence-corrected chi connectivity index (χ1v) is 14.9. The van der Waals surface area contributed by atoms with Crippen LogP contribution in [0.25, 0.3) is 44.0 Å². The number of nitrogens with one attached hydrogen (secondary N) is 2. The van der Waals surface area contributed by atoms with E-state index >= 15 is 4.39 Å². The fourth-order valence-electron chi connectivity index (χ4n) is 6.68. The Bertz CT molecular complexity index is 2050. The van der Waals surface area contributed by atoms with Gasteiger partial charge in [0.1, 0.15) is 35.2 Å². The third-order valence-corrected chi connectivity index (χ3v) is 8.80. The highest BCUT2D eigenvalue weighted by molar-refractivity contribution is 6.29. The van der Waals surface area contributed by atoms with Gasteiger partial charge in [0.15, 0.2) is 16.6 Å². The second-order valence-electron chi connectivity index (χ2n) is 11.4. The van der Waals surface area contributed by atoms with E-state index in [0.29, 0.717) is 70.4 Å². The minimum Gasteiger partial charge on any atom is -0.508 e. The summed E-state index contributed by atoms with van der Waals surface area (Å²) in [6.45, 7) is 3.32. The molecule has 2 fully saturated rings. The molecule has 8 rings (SSSR count). The third kappa shape index (κ3) is 4.49. The van der Waals surface area contributed by atoms with Gasteiger partial charge in [0.05, 0.1) is 16.6 Å². The van der Waals surface area contributed by atoms with Crippen LogP contribution in [0.5, 0.6) is 11.8 Å². The van der Waals surface area contributed by atoms with Crippen LogP contribution < -0.4 is 15.0 Å². The van der Waals surface area contributed by atoms with Crippen molar-refractivity contribution in [2.24, 2.45) is 0 Å². The van der Waals surface area contributed by atoms with Crippen molar-refractivity contribution >= 4 is 50.2 Å². The van der Waals surface area contributed by atoms with Gasteiger partial charge in [-0.05, 0) is 65.4 Å². The molecule has 0 saturated carbocycles. The monoisotopic (exact) mass is 616 g/mol. The number of phenols is 1. The first kappa shape index (κ1) is 27.1. The molecule has 2 aliphatic heterocycles. The van der Waals surface area contributed by atoms with Crippen LogP contribution in [-0.4, -0.2) is 50.2 Å². The van der Waals surface area contributed by atoms with Crippen molar-refractivity contribution < 1.29 is 23.0 Å². The second kappa shape index (κ2) is 10.3. The Morgan fingerprint density at radius 1 is 1.11 bits per heavy atom. The zero-order valence-electron chi connectivity index (χ0n) is 23.6. The Labute approximate surface area is 254 Å². The Morgan fingerprint density at radius 2 is 1.93 bits per heavy atom. The first-order chi connectivity index (χ1) is 21.3. The Hall–Kier alpha value is -4.48. The van der Waals surface area contributed by atoms with Gasteiger partial charge >= 0.3 is 6.01 Å². The predicted octanol–water partition coefficient (Wildman–Crippen LogP) is 6.64. The van der Waals surface area contributed by atoms with Crippen molar-refractivity contribution in [1.82, 2.24) is 25.3 Å². The summed E-state index contributed by atoms with van der Waals surface area (Å²) in [5.74, 6) is -0.655. The Balaban J connectivity index is 1.27. The van der Waals surface area contributed by atoms with E-state index < -0.39 is 11.6 Å². The number of hydrogen-bond acceptors (Lipinski definition) is 8. The summed E-state index contributed by atoms with van der Waals surface area (Å²) in [6, 6.07) is 9.94. The number of H-pyrrole nitrogens is 1. The minimum absolute atomic E-state index is 0.000240.